The van der Waals surface area contributed by atoms with Gasteiger partial charge in [0.2, 0.25) is 5.91 Å². The number of anilines is 1. The van der Waals surface area contributed by atoms with Gasteiger partial charge >= 0.3 is 5.97 Å². The van der Waals surface area contributed by atoms with Crippen LogP contribution in [0.2, 0.25) is 0 Å². The fourth-order valence-corrected chi connectivity index (χ4v) is 5.45. The van der Waals surface area contributed by atoms with E-state index in [1.54, 1.807) is 18.2 Å². The quantitative estimate of drug-likeness (QED) is 0.377. The maximum Gasteiger partial charge on any atom is 0.337 e. The van der Waals surface area contributed by atoms with Crippen molar-refractivity contribution in [3.05, 3.63) is 93.5 Å². The number of aromatic carboxylic acids is 1. The Morgan fingerprint density at radius 1 is 1.06 bits per heavy atom. The fourth-order valence-electron chi connectivity index (χ4n) is 5.45. The normalized spacial score (nSPS) is 18.8. The number of amides is 1. The molecule has 2 aliphatic heterocycles. The molecular formula is C29H31N3O4. The molecule has 3 aromatic rings. The third-order valence-electron chi connectivity index (χ3n) is 7.20. The highest BCUT2D eigenvalue weighted by atomic mass is 16.4. The first-order valence-electron chi connectivity index (χ1n) is 12.4. The number of carboxylic acids is 1. The summed E-state index contributed by atoms with van der Waals surface area (Å²) in [6.45, 7) is 3.18. The van der Waals surface area contributed by atoms with E-state index in [1.807, 2.05) is 43.3 Å². The molecule has 0 aromatic heterocycles. The van der Waals surface area contributed by atoms with Gasteiger partial charge in [0, 0.05) is 6.54 Å². The predicted octanol–water partition coefficient (Wildman–Crippen LogP) is 3.72. The second kappa shape index (κ2) is 10.0. The lowest BCUT2D eigenvalue weighted by Crippen LogP contribution is -2.47. The maximum atomic E-state index is 13.5. The molecule has 2 unspecified atom stereocenters. The van der Waals surface area contributed by atoms with Crippen LogP contribution in [0.1, 0.15) is 56.2 Å². The van der Waals surface area contributed by atoms with E-state index < -0.39 is 12.0 Å². The molecular weight excluding hydrogens is 454 g/mol. The molecule has 2 heterocycles. The average molecular weight is 486 g/mol. The zero-order valence-electron chi connectivity index (χ0n) is 20.3. The number of carbonyl (C=O) groups excluding carboxylic acids is 1. The minimum atomic E-state index is -0.985. The zero-order valence-corrected chi connectivity index (χ0v) is 20.3. The number of aromatic hydroxyl groups is 1. The molecule has 7 heteroatoms. The molecule has 0 saturated heterocycles. The topological polar surface area (TPSA) is 111 Å². The van der Waals surface area contributed by atoms with E-state index in [9.17, 15) is 19.8 Å². The summed E-state index contributed by atoms with van der Waals surface area (Å²) in [6.07, 6.45) is 2.57. The molecule has 5 N–H and O–H groups in total. The minimum absolute atomic E-state index is 0.0986. The van der Waals surface area contributed by atoms with Crippen molar-refractivity contribution in [2.75, 3.05) is 18.4 Å². The van der Waals surface area contributed by atoms with E-state index in [1.165, 1.54) is 0 Å². The molecule has 0 spiro atoms. The first kappa shape index (κ1) is 23.9. The lowest BCUT2D eigenvalue weighted by molar-refractivity contribution is -0.123. The molecule has 1 amide bonds. The lowest BCUT2D eigenvalue weighted by atomic mass is 9.90. The molecule has 2 aliphatic rings. The first-order valence-corrected chi connectivity index (χ1v) is 12.4. The Hall–Kier alpha value is -3.84. The monoisotopic (exact) mass is 485 g/mol. The summed E-state index contributed by atoms with van der Waals surface area (Å²) >= 11 is 0. The summed E-state index contributed by atoms with van der Waals surface area (Å²) in [6, 6.07) is 16.5. The van der Waals surface area contributed by atoms with E-state index in [2.05, 4.69) is 16.0 Å². The van der Waals surface area contributed by atoms with E-state index in [4.69, 9.17) is 0 Å². The van der Waals surface area contributed by atoms with Gasteiger partial charge in [-0.3, -0.25) is 4.79 Å². The van der Waals surface area contributed by atoms with Crippen molar-refractivity contribution in [2.45, 2.75) is 44.7 Å². The van der Waals surface area contributed by atoms with Gasteiger partial charge in [0.1, 0.15) is 5.75 Å². The standard InChI is InChI=1S/C29H31N3O4/c1-17-11-21(33)15-20-7-9-30-26(16-22(17)20)28(34)32-25-8-10-31-27-23(25)13-19(14-24(27)29(35)36)12-18-5-3-2-4-6-18/h2-6,11,13-15,25-26,30-31,33H,7-10,12,16H2,1H3,(H,32,34)(H,35,36). The highest BCUT2D eigenvalue weighted by Gasteiger charge is 2.30. The number of hydrogen-bond acceptors (Lipinski definition) is 5. The number of carboxylic acid groups (broad SMARTS) is 1. The molecule has 0 aliphatic carbocycles. The molecule has 5 rings (SSSR count). The second-order valence-corrected chi connectivity index (χ2v) is 9.71. The van der Waals surface area contributed by atoms with Gasteiger partial charge in [-0.25, -0.2) is 4.79 Å². The van der Waals surface area contributed by atoms with Crippen LogP contribution in [-0.2, 0) is 24.1 Å². The van der Waals surface area contributed by atoms with Crippen LogP contribution in [0.5, 0.6) is 5.75 Å². The van der Waals surface area contributed by atoms with E-state index >= 15 is 0 Å². The van der Waals surface area contributed by atoms with Gasteiger partial charge in [0.05, 0.1) is 23.3 Å². The summed E-state index contributed by atoms with van der Waals surface area (Å²) in [5, 5.41) is 29.7. The predicted molar refractivity (Wildman–Crippen MR) is 139 cm³/mol. The summed E-state index contributed by atoms with van der Waals surface area (Å²) in [7, 11) is 0. The SMILES string of the molecule is Cc1cc(O)cc2c1CC(C(=O)NC1CCNc3c(C(=O)O)cc(Cc4ccccc4)cc31)NCC2. The molecule has 186 valence electrons. The van der Waals surface area contributed by atoms with Crippen molar-refractivity contribution in [3.8, 4) is 5.75 Å². The maximum absolute atomic E-state index is 13.5. The Labute approximate surface area is 210 Å². The highest BCUT2D eigenvalue weighted by molar-refractivity contribution is 5.96. The smallest absolute Gasteiger partial charge is 0.337 e. The van der Waals surface area contributed by atoms with Crippen molar-refractivity contribution >= 4 is 17.6 Å². The van der Waals surface area contributed by atoms with Gasteiger partial charge in [-0.1, -0.05) is 36.4 Å². The third kappa shape index (κ3) is 4.93. The molecule has 0 fully saturated rings. The van der Waals surface area contributed by atoms with Crippen LogP contribution in [0.25, 0.3) is 0 Å². The van der Waals surface area contributed by atoms with Crippen LogP contribution in [0.15, 0.2) is 54.6 Å². The van der Waals surface area contributed by atoms with Crippen LogP contribution in [0.3, 0.4) is 0 Å². The number of carbonyl (C=O) groups is 2. The Morgan fingerprint density at radius 2 is 1.86 bits per heavy atom. The van der Waals surface area contributed by atoms with Crippen molar-refractivity contribution in [1.29, 1.82) is 0 Å². The Morgan fingerprint density at radius 3 is 2.64 bits per heavy atom. The molecule has 0 saturated carbocycles. The van der Waals surface area contributed by atoms with Gasteiger partial charge in [-0.2, -0.15) is 0 Å². The number of fused-ring (bicyclic) bond motifs is 2. The average Bonchev–Trinajstić information content (AvgIpc) is 3.07. The summed E-state index contributed by atoms with van der Waals surface area (Å²) in [5.74, 6) is -0.832. The van der Waals surface area contributed by atoms with Crippen LogP contribution < -0.4 is 16.0 Å². The number of phenolic OH excluding ortho intramolecular Hbond substituents is 1. The third-order valence-corrected chi connectivity index (χ3v) is 7.20. The molecule has 36 heavy (non-hydrogen) atoms. The van der Waals surface area contributed by atoms with Crippen molar-refractivity contribution in [1.82, 2.24) is 10.6 Å². The molecule has 7 nitrogen and oxygen atoms in total. The Balaban J connectivity index is 1.41. The largest absolute Gasteiger partial charge is 0.508 e. The fraction of sp³-hybridized carbons (Fsp3) is 0.310. The summed E-state index contributed by atoms with van der Waals surface area (Å²) in [4.78, 5) is 25.6. The number of nitrogens with one attached hydrogen (secondary N) is 3. The molecule has 0 radical (unpaired) electrons. The van der Waals surface area contributed by atoms with E-state index in [-0.39, 0.29) is 23.3 Å². The Kier molecular flexibility index (Phi) is 6.65. The van der Waals surface area contributed by atoms with Gasteiger partial charge < -0.3 is 26.2 Å². The Bertz CT molecular complexity index is 1310. The summed E-state index contributed by atoms with van der Waals surface area (Å²) in [5.41, 5.74) is 6.78. The molecule has 0 bridgehead atoms. The van der Waals surface area contributed by atoms with E-state index in [0.717, 1.165) is 39.8 Å². The van der Waals surface area contributed by atoms with Gasteiger partial charge in [-0.05, 0) is 90.7 Å². The minimum Gasteiger partial charge on any atom is -0.508 e. The second-order valence-electron chi connectivity index (χ2n) is 9.71. The van der Waals surface area contributed by atoms with Crippen molar-refractivity contribution in [3.63, 3.8) is 0 Å². The van der Waals surface area contributed by atoms with Gasteiger partial charge in [-0.15, -0.1) is 0 Å². The molecule has 2 atom stereocenters. The lowest BCUT2D eigenvalue weighted by Gasteiger charge is -2.30. The highest BCUT2D eigenvalue weighted by Crippen LogP contribution is 2.35. The van der Waals surface area contributed by atoms with Crippen LogP contribution in [0, 0.1) is 6.92 Å². The first-order chi connectivity index (χ1) is 17.4. The summed E-state index contributed by atoms with van der Waals surface area (Å²) < 4.78 is 0. The van der Waals surface area contributed by atoms with Crippen LogP contribution in [-0.4, -0.2) is 41.2 Å². The van der Waals surface area contributed by atoms with Crippen LogP contribution in [0.4, 0.5) is 5.69 Å². The number of rotatable bonds is 5. The van der Waals surface area contributed by atoms with Crippen LogP contribution >= 0.6 is 0 Å². The number of benzene rings is 3. The number of phenols is 1. The number of hydrogen-bond donors (Lipinski definition) is 5. The van der Waals surface area contributed by atoms with E-state index in [0.29, 0.717) is 38.0 Å². The van der Waals surface area contributed by atoms with Crippen molar-refractivity contribution < 1.29 is 19.8 Å². The number of aryl methyl sites for hydroxylation is 1. The zero-order chi connectivity index (χ0) is 25.2. The van der Waals surface area contributed by atoms with Gasteiger partial charge in [0.25, 0.3) is 0 Å². The van der Waals surface area contributed by atoms with Gasteiger partial charge in [0.15, 0.2) is 0 Å². The molecule has 3 aromatic carbocycles. The van der Waals surface area contributed by atoms with Crippen molar-refractivity contribution in [2.24, 2.45) is 0 Å².